The van der Waals surface area contributed by atoms with Crippen LogP contribution in [0.15, 0.2) is 60.0 Å². The van der Waals surface area contributed by atoms with Gasteiger partial charge in [-0.25, -0.2) is 13.1 Å². The maximum absolute atomic E-state index is 12.4. The summed E-state index contributed by atoms with van der Waals surface area (Å²) in [5.74, 6) is -0.575. The molecule has 0 aliphatic carbocycles. The van der Waals surface area contributed by atoms with E-state index in [0.717, 1.165) is 0 Å². The third-order valence-corrected chi connectivity index (χ3v) is 5.00. The molecule has 2 N–H and O–H groups in total. The van der Waals surface area contributed by atoms with Crippen molar-refractivity contribution in [1.29, 1.82) is 0 Å². The number of nitro benzene ring substituents is 1. The summed E-state index contributed by atoms with van der Waals surface area (Å²) < 4.78 is 26.6. The van der Waals surface area contributed by atoms with Gasteiger partial charge in [0.25, 0.3) is 11.6 Å². The molecule has 0 heterocycles. The molecule has 0 radical (unpaired) electrons. The van der Waals surface area contributed by atoms with Gasteiger partial charge in [-0.05, 0) is 31.2 Å². The molecule has 1 amide bonds. The van der Waals surface area contributed by atoms with Crippen molar-refractivity contribution in [3.8, 4) is 0 Å². The Bertz CT molecular complexity index is 970. The molecule has 26 heavy (non-hydrogen) atoms. The second kappa shape index (κ2) is 7.89. The number of carbonyl (C=O) groups is 1. The first-order valence-corrected chi connectivity index (χ1v) is 9.00. The number of nitrogens with zero attached hydrogens (tertiary/aromatic N) is 1. The summed E-state index contributed by atoms with van der Waals surface area (Å²) in [5.41, 5.74) is 0.578. The molecule has 0 fully saturated rings. The van der Waals surface area contributed by atoms with E-state index in [1.807, 2.05) is 0 Å². The van der Waals surface area contributed by atoms with Crippen LogP contribution >= 0.6 is 0 Å². The second-order valence-corrected chi connectivity index (χ2v) is 7.10. The Morgan fingerprint density at radius 1 is 1.27 bits per heavy atom. The summed E-state index contributed by atoms with van der Waals surface area (Å²) in [4.78, 5) is 22.8. The van der Waals surface area contributed by atoms with Crippen LogP contribution in [0.4, 0.5) is 11.4 Å². The molecule has 2 aromatic rings. The SMILES string of the molecule is C=CCNS(=O)(=O)c1cccc(C(=O)Nc2cccc([N+](=O)[O-])c2C)c1. The average Bonchev–Trinajstić information content (AvgIpc) is 2.61. The van der Waals surface area contributed by atoms with Gasteiger partial charge in [-0.2, -0.15) is 0 Å². The van der Waals surface area contributed by atoms with Gasteiger partial charge in [0.05, 0.1) is 21.1 Å². The Balaban J connectivity index is 2.29. The minimum absolute atomic E-state index is 0.0611. The Hall–Kier alpha value is -3.04. The first-order valence-electron chi connectivity index (χ1n) is 7.52. The number of nitro groups is 1. The second-order valence-electron chi connectivity index (χ2n) is 5.33. The molecule has 0 saturated carbocycles. The third kappa shape index (κ3) is 4.32. The lowest BCUT2D eigenvalue weighted by Crippen LogP contribution is -2.24. The minimum Gasteiger partial charge on any atom is -0.321 e. The van der Waals surface area contributed by atoms with E-state index in [2.05, 4.69) is 16.6 Å². The number of hydrogen-bond donors (Lipinski definition) is 2. The Kier molecular flexibility index (Phi) is 5.86. The summed E-state index contributed by atoms with van der Waals surface area (Å²) in [7, 11) is -3.77. The van der Waals surface area contributed by atoms with Crippen molar-refractivity contribution in [2.45, 2.75) is 11.8 Å². The molecule has 0 unspecified atom stereocenters. The van der Waals surface area contributed by atoms with Crippen LogP contribution in [0.25, 0.3) is 0 Å². The number of hydrogen-bond acceptors (Lipinski definition) is 5. The van der Waals surface area contributed by atoms with Gasteiger partial charge in [0, 0.05) is 18.2 Å². The summed E-state index contributed by atoms with van der Waals surface area (Å²) >= 11 is 0. The van der Waals surface area contributed by atoms with Crippen molar-refractivity contribution in [2.24, 2.45) is 0 Å². The number of amides is 1. The molecule has 0 aromatic heterocycles. The van der Waals surface area contributed by atoms with Crippen molar-refractivity contribution in [3.63, 3.8) is 0 Å². The van der Waals surface area contributed by atoms with Crippen LogP contribution in [0.1, 0.15) is 15.9 Å². The lowest BCUT2D eigenvalue weighted by Gasteiger charge is -2.10. The fraction of sp³-hybridized carbons (Fsp3) is 0.118. The van der Waals surface area contributed by atoms with Gasteiger partial charge in [0.1, 0.15) is 0 Å². The molecule has 8 nitrogen and oxygen atoms in total. The van der Waals surface area contributed by atoms with Crippen LogP contribution in [-0.4, -0.2) is 25.8 Å². The number of rotatable bonds is 7. The number of anilines is 1. The van der Waals surface area contributed by atoms with Crippen molar-refractivity contribution < 1.29 is 18.1 Å². The van der Waals surface area contributed by atoms with Gasteiger partial charge >= 0.3 is 0 Å². The van der Waals surface area contributed by atoms with E-state index in [1.165, 1.54) is 55.5 Å². The van der Waals surface area contributed by atoms with Crippen LogP contribution in [0.5, 0.6) is 0 Å². The van der Waals surface area contributed by atoms with Crippen molar-refractivity contribution in [3.05, 3.63) is 76.4 Å². The lowest BCUT2D eigenvalue weighted by molar-refractivity contribution is -0.385. The Morgan fingerprint density at radius 3 is 2.62 bits per heavy atom. The number of sulfonamides is 1. The standard InChI is InChI=1S/C17H17N3O5S/c1-3-10-18-26(24,25)14-7-4-6-13(11-14)17(21)19-15-8-5-9-16(12(15)2)20(22)23/h3-9,11,18H,1,10H2,2H3,(H,19,21). The summed E-state index contributed by atoms with van der Waals surface area (Å²) in [6.45, 7) is 5.02. The fourth-order valence-corrected chi connectivity index (χ4v) is 3.25. The van der Waals surface area contributed by atoms with Gasteiger partial charge < -0.3 is 5.32 Å². The number of carbonyl (C=O) groups excluding carboxylic acids is 1. The van der Waals surface area contributed by atoms with E-state index in [-0.39, 0.29) is 28.4 Å². The zero-order chi connectivity index (χ0) is 19.3. The van der Waals surface area contributed by atoms with Crippen molar-refractivity contribution in [1.82, 2.24) is 4.72 Å². The molecule has 136 valence electrons. The average molecular weight is 375 g/mol. The maximum atomic E-state index is 12.4. The highest BCUT2D eigenvalue weighted by Crippen LogP contribution is 2.25. The topological polar surface area (TPSA) is 118 Å². The molecule has 2 aromatic carbocycles. The van der Waals surface area contributed by atoms with E-state index in [4.69, 9.17) is 0 Å². The molecular formula is C17H17N3O5S. The Labute approximate surface area is 150 Å². The van der Waals surface area contributed by atoms with Crippen LogP contribution < -0.4 is 10.0 Å². The number of nitrogens with one attached hydrogen (secondary N) is 2. The van der Waals surface area contributed by atoms with E-state index in [1.54, 1.807) is 0 Å². The molecule has 9 heteroatoms. The lowest BCUT2D eigenvalue weighted by atomic mass is 10.1. The van der Waals surface area contributed by atoms with E-state index in [0.29, 0.717) is 5.56 Å². The highest BCUT2D eigenvalue weighted by Gasteiger charge is 2.18. The van der Waals surface area contributed by atoms with E-state index < -0.39 is 20.9 Å². The third-order valence-electron chi connectivity index (χ3n) is 3.57. The molecule has 0 spiro atoms. The monoisotopic (exact) mass is 375 g/mol. The Morgan fingerprint density at radius 2 is 1.96 bits per heavy atom. The molecule has 0 saturated heterocycles. The van der Waals surface area contributed by atoms with Gasteiger partial charge in [0.15, 0.2) is 0 Å². The molecule has 0 aliphatic rings. The summed E-state index contributed by atoms with van der Waals surface area (Å²) in [5, 5.41) is 13.6. The smallest absolute Gasteiger partial charge is 0.274 e. The first kappa shape index (κ1) is 19.3. The minimum atomic E-state index is -3.77. The molecule has 0 atom stereocenters. The predicted molar refractivity (Wildman–Crippen MR) is 97.6 cm³/mol. The van der Waals surface area contributed by atoms with Gasteiger partial charge in [0.2, 0.25) is 10.0 Å². The van der Waals surface area contributed by atoms with E-state index in [9.17, 15) is 23.3 Å². The predicted octanol–water partition coefficient (Wildman–Crippen LogP) is 2.62. The maximum Gasteiger partial charge on any atom is 0.274 e. The van der Waals surface area contributed by atoms with E-state index >= 15 is 0 Å². The van der Waals surface area contributed by atoms with Crippen LogP contribution in [0.2, 0.25) is 0 Å². The highest BCUT2D eigenvalue weighted by atomic mass is 32.2. The highest BCUT2D eigenvalue weighted by molar-refractivity contribution is 7.89. The molecule has 0 aliphatic heterocycles. The first-order chi connectivity index (χ1) is 12.3. The van der Waals surface area contributed by atoms with Gasteiger partial charge in [-0.15, -0.1) is 6.58 Å². The molecular weight excluding hydrogens is 358 g/mol. The van der Waals surface area contributed by atoms with Crippen LogP contribution in [0, 0.1) is 17.0 Å². The van der Waals surface area contributed by atoms with Crippen molar-refractivity contribution >= 4 is 27.3 Å². The summed E-state index contributed by atoms with van der Waals surface area (Å²) in [6, 6.07) is 9.82. The largest absolute Gasteiger partial charge is 0.321 e. The number of benzene rings is 2. The normalized spacial score (nSPS) is 11.0. The van der Waals surface area contributed by atoms with Crippen molar-refractivity contribution in [2.75, 3.05) is 11.9 Å². The van der Waals surface area contributed by atoms with Crippen LogP contribution in [-0.2, 0) is 10.0 Å². The zero-order valence-corrected chi connectivity index (χ0v) is 14.7. The molecule has 2 rings (SSSR count). The molecule has 0 bridgehead atoms. The van der Waals surface area contributed by atoms with Crippen LogP contribution in [0.3, 0.4) is 0 Å². The summed E-state index contributed by atoms with van der Waals surface area (Å²) in [6.07, 6.45) is 1.40. The van der Waals surface area contributed by atoms with Gasteiger partial charge in [-0.3, -0.25) is 14.9 Å². The zero-order valence-electron chi connectivity index (χ0n) is 13.9. The van der Waals surface area contributed by atoms with Gasteiger partial charge in [-0.1, -0.05) is 18.2 Å². The quantitative estimate of drug-likeness (QED) is 0.438. The fourth-order valence-electron chi connectivity index (χ4n) is 2.21.